The average Bonchev–Trinajstić information content (AvgIpc) is 2.90. The van der Waals surface area contributed by atoms with Gasteiger partial charge in [0.1, 0.15) is 5.75 Å². The van der Waals surface area contributed by atoms with Crippen LogP contribution in [0.15, 0.2) is 24.3 Å². The zero-order valence-corrected chi connectivity index (χ0v) is 11.3. The van der Waals surface area contributed by atoms with Gasteiger partial charge in [-0.05, 0) is 42.9 Å². The lowest BCUT2D eigenvalue weighted by Gasteiger charge is -2.14. The second-order valence-electron chi connectivity index (χ2n) is 5.43. The lowest BCUT2D eigenvalue weighted by Crippen LogP contribution is -2.12. The van der Waals surface area contributed by atoms with Crippen molar-refractivity contribution in [3.63, 3.8) is 0 Å². The average molecular weight is 248 g/mol. The van der Waals surface area contributed by atoms with E-state index in [0.717, 1.165) is 24.5 Å². The van der Waals surface area contributed by atoms with Crippen LogP contribution < -0.4 is 4.74 Å². The fourth-order valence-corrected chi connectivity index (χ4v) is 2.86. The quantitative estimate of drug-likeness (QED) is 0.834. The van der Waals surface area contributed by atoms with Crippen molar-refractivity contribution >= 4 is 0 Å². The predicted octanol–water partition coefficient (Wildman–Crippen LogP) is 3.57. The summed E-state index contributed by atoms with van der Waals surface area (Å²) in [6, 6.07) is 7.99. The lowest BCUT2D eigenvalue weighted by molar-refractivity contribution is 0.155. The minimum Gasteiger partial charge on any atom is -0.497 e. The van der Waals surface area contributed by atoms with Crippen molar-refractivity contribution in [1.29, 1.82) is 0 Å². The van der Waals surface area contributed by atoms with Crippen LogP contribution in [0.25, 0.3) is 0 Å². The number of aliphatic hydroxyl groups is 1. The van der Waals surface area contributed by atoms with Crippen molar-refractivity contribution in [2.24, 2.45) is 5.92 Å². The molecule has 1 aliphatic rings. The van der Waals surface area contributed by atoms with Crippen LogP contribution in [0.2, 0.25) is 0 Å². The zero-order chi connectivity index (χ0) is 12.8. The molecule has 0 aromatic heterocycles. The van der Waals surface area contributed by atoms with Gasteiger partial charge in [-0.2, -0.15) is 0 Å². The maximum absolute atomic E-state index is 10.1. The van der Waals surface area contributed by atoms with Crippen LogP contribution in [0.1, 0.15) is 44.1 Å². The summed E-state index contributed by atoms with van der Waals surface area (Å²) in [5.74, 6) is 1.75. The molecule has 0 saturated heterocycles. The molecule has 1 saturated carbocycles. The summed E-state index contributed by atoms with van der Waals surface area (Å²) < 4.78 is 5.13. The number of ether oxygens (including phenoxy) is 1. The fourth-order valence-electron chi connectivity index (χ4n) is 2.86. The summed E-state index contributed by atoms with van der Waals surface area (Å²) in [6.45, 7) is 0. The minimum absolute atomic E-state index is 0.195. The van der Waals surface area contributed by atoms with Crippen LogP contribution in [0.3, 0.4) is 0 Å². The molecule has 0 aliphatic heterocycles. The predicted molar refractivity (Wildman–Crippen MR) is 73.9 cm³/mol. The monoisotopic (exact) mass is 248 g/mol. The molecule has 1 N–H and O–H groups in total. The Balaban J connectivity index is 1.73. The van der Waals surface area contributed by atoms with Gasteiger partial charge in [0.2, 0.25) is 0 Å². The molecular weight excluding hydrogens is 224 g/mol. The Hall–Kier alpha value is -1.02. The van der Waals surface area contributed by atoms with E-state index in [4.69, 9.17) is 4.74 Å². The minimum atomic E-state index is -0.195. The Morgan fingerprint density at radius 3 is 2.50 bits per heavy atom. The van der Waals surface area contributed by atoms with Crippen molar-refractivity contribution in [3.05, 3.63) is 29.8 Å². The van der Waals surface area contributed by atoms with Gasteiger partial charge in [-0.15, -0.1) is 0 Å². The highest BCUT2D eigenvalue weighted by Crippen LogP contribution is 2.29. The van der Waals surface area contributed by atoms with Crippen LogP contribution in [-0.4, -0.2) is 18.3 Å². The molecule has 2 nitrogen and oxygen atoms in total. The maximum Gasteiger partial charge on any atom is 0.118 e. The molecule has 1 fully saturated rings. The van der Waals surface area contributed by atoms with Gasteiger partial charge in [-0.1, -0.05) is 37.8 Å². The van der Waals surface area contributed by atoms with Crippen molar-refractivity contribution in [2.75, 3.05) is 7.11 Å². The van der Waals surface area contributed by atoms with Crippen LogP contribution in [0.5, 0.6) is 5.75 Å². The molecule has 1 unspecified atom stereocenters. The largest absolute Gasteiger partial charge is 0.497 e. The Bertz CT molecular complexity index is 339. The van der Waals surface area contributed by atoms with Crippen LogP contribution in [0, 0.1) is 5.92 Å². The molecule has 18 heavy (non-hydrogen) atoms. The molecule has 1 atom stereocenters. The number of aliphatic hydroxyl groups excluding tert-OH is 1. The van der Waals surface area contributed by atoms with Gasteiger partial charge in [0, 0.05) is 0 Å². The molecular formula is C16H24O2. The highest BCUT2D eigenvalue weighted by Gasteiger charge is 2.16. The zero-order valence-electron chi connectivity index (χ0n) is 11.3. The molecule has 1 aromatic carbocycles. The third-order valence-electron chi connectivity index (χ3n) is 4.01. The van der Waals surface area contributed by atoms with Gasteiger partial charge >= 0.3 is 0 Å². The number of benzene rings is 1. The van der Waals surface area contributed by atoms with Crippen molar-refractivity contribution in [3.8, 4) is 5.75 Å². The van der Waals surface area contributed by atoms with Gasteiger partial charge < -0.3 is 9.84 Å². The normalized spacial score (nSPS) is 17.9. The standard InChI is InChI=1S/C16H24O2/c1-18-16-10-7-14(8-11-16)12-15(17)9-6-13-4-2-3-5-13/h7-8,10-11,13,15,17H,2-6,9,12H2,1H3. The van der Waals surface area contributed by atoms with Crippen molar-refractivity contribution in [1.82, 2.24) is 0 Å². The van der Waals surface area contributed by atoms with Gasteiger partial charge in [0.15, 0.2) is 0 Å². The Kier molecular flexibility index (Phi) is 5.06. The summed E-state index contributed by atoms with van der Waals surface area (Å²) in [5.41, 5.74) is 1.19. The third-order valence-corrected chi connectivity index (χ3v) is 4.01. The molecule has 0 amide bonds. The summed E-state index contributed by atoms with van der Waals surface area (Å²) in [5, 5.41) is 10.1. The lowest BCUT2D eigenvalue weighted by atomic mass is 9.97. The van der Waals surface area contributed by atoms with E-state index in [9.17, 15) is 5.11 Å². The highest BCUT2D eigenvalue weighted by atomic mass is 16.5. The Labute approximate surface area is 110 Å². The summed E-state index contributed by atoms with van der Waals surface area (Å²) in [7, 11) is 1.67. The summed E-state index contributed by atoms with van der Waals surface area (Å²) in [4.78, 5) is 0. The molecule has 0 bridgehead atoms. The third kappa shape index (κ3) is 4.02. The van der Waals surface area contributed by atoms with Gasteiger partial charge in [0.05, 0.1) is 13.2 Å². The first-order chi connectivity index (χ1) is 8.78. The van der Waals surface area contributed by atoms with E-state index in [2.05, 4.69) is 0 Å². The molecule has 1 aliphatic carbocycles. The highest BCUT2D eigenvalue weighted by molar-refractivity contribution is 5.27. The van der Waals surface area contributed by atoms with E-state index in [1.54, 1.807) is 7.11 Å². The molecule has 0 spiro atoms. The van der Waals surface area contributed by atoms with Crippen molar-refractivity contribution < 1.29 is 9.84 Å². The maximum atomic E-state index is 10.1. The molecule has 2 heteroatoms. The molecule has 1 aromatic rings. The number of hydrogen-bond acceptors (Lipinski definition) is 2. The van der Waals surface area contributed by atoms with Gasteiger partial charge in [0.25, 0.3) is 0 Å². The number of hydrogen-bond donors (Lipinski definition) is 1. The van der Waals surface area contributed by atoms with Crippen LogP contribution >= 0.6 is 0 Å². The van der Waals surface area contributed by atoms with Gasteiger partial charge in [-0.25, -0.2) is 0 Å². The number of rotatable bonds is 6. The van der Waals surface area contributed by atoms with Crippen LogP contribution in [-0.2, 0) is 6.42 Å². The number of methoxy groups -OCH3 is 1. The Morgan fingerprint density at radius 1 is 1.22 bits per heavy atom. The van der Waals surface area contributed by atoms with Gasteiger partial charge in [-0.3, -0.25) is 0 Å². The van der Waals surface area contributed by atoms with E-state index < -0.39 is 0 Å². The molecule has 2 rings (SSSR count). The van der Waals surface area contributed by atoms with E-state index in [1.807, 2.05) is 24.3 Å². The van der Waals surface area contributed by atoms with Crippen molar-refractivity contribution in [2.45, 2.75) is 51.0 Å². The SMILES string of the molecule is COc1ccc(CC(O)CCC2CCCC2)cc1. The Morgan fingerprint density at radius 2 is 1.89 bits per heavy atom. The topological polar surface area (TPSA) is 29.5 Å². The second kappa shape index (κ2) is 6.79. The summed E-state index contributed by atoms with van der Waals surface area (Å²) in [6.07, 6.45) is 8.22. The molecule has 0 radical (unpaired) electrons. The fraction of sp³-hybridized carbons (Fsp3) is 0.625. The molecule has 0 heterocycles. The van der Waals surface area contributed by atoms with E-state index in [1.165, 1.54) is 37.7 Å². The first-order valence-corrected chi connectivity index (χ1v) is 7.09. The van der Waals surface area contributed by atoms with Crippen LogP contribution in [0.4, 0.5) is 0 Å². The van der Waals surface area contributed by atoms with E-state index >= 15 is 0 Å². The molecule has 100 valence electrons. The van der Waals surface area contributed by atoms with E-state index in [-0.39, 0.29) is 6.10 Å². The first-order valence-electron chi connectivity index (χ1n) is 7.09. The summed E-state index contributed by atoms with van der Waals surface area (Å²) >= 11 is 0. The first kappa shape index (κ1) is 13.4. The smallest absolute Gasteiger partial charge is 0.118 e. The van der Waals surface area contributed by atoms with E-state index in [0.29, 0.717) is 0 Å². The second-order valence-corrected chi connectivity index (χ2v) is 5.43.